The molecule has 1 N–H and O–H groups in total. The Labute approximate surface area is 171 Å². The van der Waals surface area contributed by atoms with Gasteiger partial charge >= 0.3 is 0 Å². The van der Waals surface area contributed by atoms with E-state index in [1.165, 1.54) is 17.3 Å². The summed E-state index contributed by atoms with van der Waals surface area (Å²) in [6.07, 6.45) is 0. The third kappa shape index (κ3) is 3.95. The maximum Gasteiger partial charge on any atom is 0.209 e. The molecule has 0 atom stereocenters. The van der Waals surface area contributed by atoms with E-state index in [0.29, 0.717) is 10.9 Å². The van der Waals surface area contributed by atoms with Gasteiger partial charge in [-0.3, -0.25) is 9.89 Å². The molecule has 4 aromatic rings. The second kappa shape index (κ2) is 8.16. The summed E-state index contributed by atoms with van der Waals surface area (Å²) >= 11 is 2.97. The highest BCUT2D eigenvalue weighted by molar-refractivity contribution is 7.99. The number of hydrogen-bond acceptors (Lipinski definition) is 5. The van der Waals surface area contributed by atoms with E-state index in [9.17, 15) is 4.79 Å². The van der Waals surface area contributed by atoms with Crippen molar-refractivity contribution in [1.29, 1.82) is 0 Å². The van der Waals surface area contributed by atoms with Gasteiger partial charge in [0.05, 0.1) is 10.6 Å². The van der Waals surface area contributed by atoms with Crippen molar-refractivity contribution in [3.63, 3.8) is 0 Å². The Bertz CT molecular complexity index is 1080. The van der Waals surface area contributed by atoms with Crippen LogP contribution in [0.4, 0.5) is 0 Å². The Kier molecular flexibility index (Phi) is 5.45. The van der Waals surface area contributed by atoms with E-state index in [0.717, 1.165) is 34.2 Å². The molecule has 3 heterocycles. The Morgan fingerprint density at radius 3 is 2.75 bits per heavy atom. The molecule has 0 aliphatic heterocycles. The summed E-state index contributed by atoms with van der Waals surface area (Å²) in [5.41, 5.74) is 4.09. The molecular formula is C21H20N4OS2. The number of carbonyl (C=O) groups is 1. The molecule has 0 saturated heterocycles. The maximum atomic E-state index is 12.8. The predicted octanol–water partition coefficient (Wildman–Crippen LogP) is 4.97. The molecule has 0 aliphatic rings. The van der Waals surface area contributed by atoms with Crippen molar-refractivity contribution in [3.05, 3.63) is 76.4 Å². The van der Waals surface area contributed by atoms with Gasteiger partial charge in [0.1, 0.15) is 0 Å². The summed E-state index contributed by atoms with van der Waals surface area (Å²) in [6.45, 7) is 4.82. The Balaban J connectivity index is 1.44. The minimum atomic E-state index is 0.0971. The molecule has 0 bridgehead atoms. The lowest BCUT2D eigenvalue weighted by Crippen LogP contribution is -2.07. The summed E-state index contributed by atoms with van der Waals surface area (Å²) in [6, 6.07) is 16.2. The number of Topliss-reactive ketones (excluding diaryl/α,β-unsaturated/α-hetero) is 1. The number of carbonyl (C=O) groups excluding carboxylic acids is 1. The molecule has 0 saturated carbocycles. The zero-order valence-electron chi connectivity index (χ0n) is 15.7. The van der Waals surface area contributed by atoms with Gasteiger partial charge in [-0.25, -0.2) is 4.98 Å². The second-order valence-corrected chi connectivity index (χ2v) is 8.40. The van der Waals surface area contributed by atoms with Crippen LogP contribution in [0.2, 0.25) is 0 Å². The van der Waals surface area contributed by atoms with Gasteiger partial charge in [-0.15, -0.1) is 16.4 Å². The van der Waals surface area contributed by atoms with Gasteiger partial charge in [-0.05, 0) is 36.9 Å². The quantitative estimate of drug-likeness (QED) is 0.346. The van der Waals surface area contributed by atoms with E-state index >= 15 is 0 Å². The van der Waals surface area contributed by atoms with Gasteiger partial charge in [0.25, 0.3) is 0 Å². The number of benzene rings is 1. The maximum absolute atomic E-state index is 12.8. The number of nitrogens with one attached hydrogen (secondary N) is 1. The van der Waals surface area contributed by atoms with Crippen LogP contribution >= 0.6 is 23.1 Å². The highest BCUT2D eigenvalue weighted by Gasteiger charge is 2.17. The largest absolute Gasteiger partial charge is 0.344 e. The van der Waals surface area contributed by atoms with Crippen molar-refractivity contribution in [1.82, 2.24) is 19.7 Å². The van der Waals surface area contributed by atoms with Crippen LogP contribution in [0, 0.1) is 13.8 Å². The van der Waals surface area contributed by atoms with E-state index < -0.39 is 0 Å². The molecule has 3 aromatic heterocycles. The molecule has 0 unspecified atom stereocenters. The molecule has 4 rings (SSSR count). The fraction of sp³-hybridized carbons (Fsp3) is 0.190. The molecule has 7 heteroatoms. The summed E-state index contributed by atoms with van der Waals surface area (Å²) in [4.78, 5) is 18.3. The normalized spacial score (nSPS) is 11.1. The van der Waals surface area contributed by atoms with Gasteiger partial charge in [-0.1, -0.05) is 48.2 Å². The third-order valence-electron chi connectivity index (χ3n) is 4.61. The van der Waals surface area contributed by atoms with Crippen LogP contribution in [-0.2, 0) is 6.54 Å². The number of aryl methyl sites for hydroxylation is 1. The highest BCUT2D eigenvalue weighted by atomic mass is 32.2. The number of ketones is 1. The monoisotopic (exact) mass is 408 g/mol. The van der Waals surface area contributed by atoms with Crippen LogP contribution in [-0.4, -0.2) is 31.3 Å². The van der Waals surface area contributed by atoms with Gasteiger partial charge in [-0.2, -0.15) is 0 Å². The fourth-order valence-corrected chi connectivity index (χ4v) is 4.48. The van der Waals surface area contributed by atoms with Crippen LogP contribution < -0.4 is 0 Å². The van der Waals surface area contributed by atoms with Crippen LogP contribution in [0.5, 0.6) is 0 Å². The van der Waals surface area contributed by atoms with E-state index in [1.54, 1.807) is 11.3 Å². The van der Waals surface area contributed by atoms with Crippen LogP contribution in [0.15, 0.2) is 59.1 Å². The molecule has 28 heavy (non-hydrogen) atoms. The van der Waals surface area contributed by atoms with E-state index in [1.807, 2.05) is 55.6 Å². The number of hydrogen-bond donors (Lipinski definition) is 1. The number of thioether (sulfide) groups is 1. The number of aromatic nitrogens is 4. The Hall–Kier alpha value is -2.64. The average Bonchev–Trinajstić information content (AvgIpc) is 3.44. The van der Waals surface area contributed by atoms with Crippen molar-refractivity contribution in [3.8, 4) is 10.7 Å². The molecule has 1 aromatic carbocycles. The predicted molar refractivity (Wildman–Crippen MR) is 114 cm³/mol. The van der Waals surface area contributed by atoms with Gasteiger partial charge in [0.15, 0.2) is 11.6 Å². The van der Waals surface area contributed by atoms with Gasteiger partial charge in [0, 0.05) is 23.5 Å². The number of H-pyrrole nitrogens is 1. The molecule has 0 radical (unpaired) electrons. The summed E-state index contributed by atoms with van der Waals surface area (Å²) in [7, 11) is 0. The first-order chi connectivity index (χ1) is 13.6. The number of aromatic amines is 1. The molecular weight excluding hydrogens is 388 g/mol. The summed E-state index contributed by atoms with van der Waals surface area (Å²) < 4.78 is 2.19. The molecule has 5 nitrogen and oxygen atoms in total. The minimum Gasteiger partial charge on any atom is -0.344 e. The molecule has 0 amide bonds. The lowest BCUT2D eigenvalue weighted by molar-refractivity contribution is 0.102. The molecule has 0 fully saturated rings. The first-order valence-electron chi connectivity index (χ1n) is 8.95. The summed E-state index contributed by atoms with van der Waals surface area (Å²) in [5.74, 6) is 1.16. The molecule has 142 valence electrons. The lowest BCUT2D eigenvalue weighted by Gasteiger charge is -2.09. The third-order valence-corrected chi connectivity index (χ3v) is 6.33. The SMILES string of the molecule is Cc1cc(C(=O)CSc2n[nH]c(-c3cccs3)n2)c(C)n1Cc1ccccc1. The van der Waals surface area contributed by atoms with E-state index in [-0.39, 0.29) is 5.78 Å². The zero-order chi connectivity index (χ0) is 19.5. The Morgan fingerprint density at radius 2 is 2.00 bits per heavy atom. The van der Waals surface area contributed by atoms with Gasteiger partial charge < -0.3 is 4.57 Å². The first-order valence-corrected chi connectivity index (χ1v) is 10.8. The number of rotatable bonds is 7. The fourth-order valence-electron chi connectivity index (χ4n) is 3.14. The van der Waals surface area contributed by atoms with Crippen LogP contribution in [0.3, 0.4) is 0 Å². The smallest absolute Gasteiger partial charge is 0.209 e. The lowest BCUT2D eigenvalue weighted by atomic mass is 10.2. The van der Waals surface area contributed by atoms with Crippen LogP contribution in [0.25, 0.3) is 10.7 Å². The Morgan fingerprint density at radius 1 is 1.18 bits per heavy atom. The highest BCUT2D eigenvalue weighted by Crippen LogP contribution is 2.24. The van der Waals surface area contributed by atoms with Crippen molar-refractivity contribution in [2.24, 2.45) is 0 Å². The van der Waals surface area contributed by atoms with Crippen LogP contribution in [0.1, 0.15) is 27.3 Å². The number of nitrogens with zero attached hydrogens (tertiary/aromatic N) is 3. The van der Waals surface area contributed by atoms with E-state index in [2.05, 4.69) is 31.9 Å². The van der Waals surface area contributed by atoms with Crippen molar-refractivity contribution in [2.45, 2.75) is 25.5 Å². The standard InChI is InChI=1S/C21H20N4OS2/c1-14-11-17(15(2)25(14)12-16-7-4-3-5-8-16)18(26)13-28-21-22-20(23-24-21)19-9-6-10-27-19/h3-11H,12-13H2,1-2H3,(H,22,23,24). The topological polar surface area (TPSA) is 63.6 Å². The molecule has 0 aliphatic carbocycles. The average molecular weight is 409 g/mol. The van der Waals surface area contributed by atoms with E-state index in [4.69, 9.17) is 0 Å². The zero-order valence-corrected chi connectivity index (χ0v) is 17.3. The molecule has 0 spiro atoms. The van der Waals surface area contributed by atoms with Crippen molar-refractivity contribution in [2.75, 3.05) is 5.75 Å². The van der Waals surface area contributed by atoms with Crippen molar-refractivity contribution >= 4 is 28.9 Å². The summed E-state index contributed by atoms with van der Waals surface area (Å²) in [5, 5.41) is 9.74. The second-order valence-electron chi connectivity index (χ2n) is 6.51. The van der Waals surface area contributed by atoms with Crippen molar-refractivity contribution < 1.29 is 4.79 Å². The minimum absolute atomic E-state index is 0.0971. The number of thiophene rings is 1. The first kappa shape index (κ1) is 18.7. The van der Waals surface area contributed by atoms with Gasteiger partial charge in [0.2, 0.25) is 5.16 Å².